The Labute approximate surface area is 166 Å². The molecular weight excluding hydrogens is 352 g/mol. The number of fused-ring (bicyclic) bond motifs is 1. The average molecular weight is 383 g/mol. The molecule has 2 aliphatic rings. The topological polar surface area (TPSA) is 79.1 Å². The number of hydrogen-bond acceptors (Lipinski definition) is 5. The molecule has 4 rings (SSSR count). The Hall–Kier alpha value is -2.41. The normalized spacial score (nSPS) is 16.2. The summed E-state index contributed by atoms with van der Waals surface area (Å²) >= 11 is 0. The highest BCUT2D eigenvalue weighted by Gasteiger charge is 2.28. The number of hydrogen-bond donors (Lipinski definition) is 2. The van der Waals surface area contributed by atoms with Gasteiger partial charge in [-0.1, -0.05) is 0 Å². The minimum atomic E-state index is 0.527. The third-order valence-electron chi connectivity index (χ3n) is 5.76. The van der Waals surface area contributed by atoms with Gasteiger partial charge >= 0.3 is 0 Å². The van der Waals surface area contributed by atoms with Gasteiger partial charge in [0.15, 0.2) is 0 Å². The molecule has 1 aliphatic carbocycles. The zero-order chi connectivity index (χ0) is 19.7. The largest absolute Gasteiger partial charge is 0.385 e. The van der Waals surface area contributed by atoms with Crippen LogP contribution in [0.2, 0.25) is 0 Å². The number of nitrogens with one attached hydrogen (secondary N) is 2. The SMILES string of the molecule is CNn1c(C)nc(CCCOC)c1C(=N)N1CCc2cc(C3CC3)ncc2C1. The third-order valence-corrected chi connectivity index (χ3v) is 5.76. The van der Waals surface area contributed by atoms with Crippen LogP contribution in [0.25, 0.3) is 0 Å². The summed E-state index contributed by atoms with van der Waals surface area (Å²) in [5.41, 5.74) is 8.91. The number of nitrogens with zero attached hydrogens (tertiary/aromatic N) is 4. The zero-order valence-electron chi connectivity index (χ0n) is 17.1. The van der Waals surface area contributed by atoms with E-state index in [0.717, 1.165) is 49.6 Å². The van der Waals surface area contributed by atoms with E-state index in [2.05, 4.69) is 21.4 Å². The van der Waals surface area contributed by atoms with Crippen LogP contribution in [0.1, 0.15) is 59.2 Å². The summed E-state index contributed by atoms with van der Waals surface area (Å²) in [6.07, 6.45) is 7.25. The van der Waals surface area contributed by atoms with Crippen molar-refractivity contribution in [2.45, 2.75) is 51.5 Å². The number of aryl methyl sites for hydroxylation is 2. The molecule has 0 bridgehead atoms. The monoisotopic (exact) mass is 382 g/mol. The quantitative estimate of drug-likeness (QED) is 0.437. The maximum absolute atomic E-state index is 8.94. The molecule has 1 aliphatic heterocycles. The average Bonchev–Trinajstić information content (AvgIpc) is 3.50. The fraction of sp³-hybridized carbons (Fsp3) is 0.571. The molecule has 1 saturated carbocycles. The van der Waals surface area contributed by atoms with Gasteiger partial charge in [0.2, 0.25) is 0 Å². The van der Waals surface area contributed by atoms with Gasteiger partial charge in [-0.2, -0.15) is 0 Å². The van der Waals surface area contributed by atoms with Crippen LogP contribution in [0.15, 0.2) is 12.3 Å². The second-order valence-corrected chi connectivity index (χ2v) is 7.78. The van der Waals surface area contributed by atoms with E-state index in [1.807, 2.05) is 24.8 Å². The van der Waals surface area contributed by atoms with Crippen molar-refractivity contribution >= 4 is 5.84 Å². The summed E-state index contributed by atoms with van der Waals surface area (Å²) in [5, 5.41) is 8.94. The summed E-state index contributed by atoms with van der Waals surface area (Å²) < 4.78 is 7.12. The summed E-state index contributed by atoms with van der Waals surface area (Å²) in [7, 11) is 3.59. The summed E-state index contributed by atoms with van der Waals surface area (Å²) in [6.45, 7) is 4.26. The molecule has 0 atom stereocenters. The predicted octanol–water partition coefficient (Wildman–Crippen LogP) is 2.60. The molecule has 2 N–H and O–H groups in total. The molecule has 0 spiro atoms. The molecule has 150 valence electrons. The highest BCUT2D eigenvalue weighted by atomic mass is 16.5. The van der Waals surface area contributed by atoms with Gasteiger partial charge in [0.05, 0.1) is 5.69 Å². The maximum Gasteiger partial charge on any atom is 0.149 e. The first-order valence-corrected chi connectivity index (χ1v) is 10.2. The van der Waals surface area contributed by atoms with Crippen LogP contribution >= 0.6 is 0 Å². The van der Waals surface area contributed by atoms with E-state index in [0.29, 0.717) is 18.4 Å². The zero-order valence-corrected chi connectivity index (χ0v) is 17.1. The van der Waals surface area contributed by atoms with Crippen molar-refractivity contribution in [3.63, 3.8) is 0 Å². The Bertz CT molecular complexity index is 870. The van der Waals surface area contributed by atoms with Crippen molar-refractivity contribution in [3.05, 3.63) is 46.3 Å². The molecule has 0 saturated heterocycles. The second-order valence-electron chi connectivity index (χ2n) is 7.78. The molecule has 3 heterocycles. The van der Waals surface area contributed by atoms with Gasteiger partial charge in [-0.05, 0) is 56.2 Å². The number of pyridine rings is 1. The Balaban J connectivity index is 1.55. The first-order valence-electron chi connectivity index (χ1n) is 10.2. The fourth-order valence-electron chi connectivity index (χ4n) is 4.07. The predicted molar refractivity (Wildman–Crippen MR) is 110 cm³/mol. The summed E-state index contributed by atoms with van der Waals surface area (Å²) in [5.74, 6) is 2.09. The van der Waals surface area contributed by atoms with Crippen molar-refractivity contribution < 1.29 is 4.74 Å². The first kappa shape index (κ1) is 18.9. The molecule has 28 heavy (non-hydrogen) atoms. The lowest BCUT2D eigenvalue weighted by Gasteiger charge is -2.31. The third kappa shape index (κ3) is 3.63. The highest BCUT2D eigenvalue weighted by molar-refractivity contribution is 5.96. The lowest BCUT2D eigenvalue weighted by molar-refractivity contribution is 0.195. The number of imidazole rings is 1. The van der Waals surface area contributed by atoms with Gasteiger partial charge in [0, 0.05) is 51.7 Å². The van der Waals surface area contributed by atoms with Gasteiger partial charge in [-0.3, -0.25) is 10.4 Å². The smallest absolute Gasteiger partial charge is 0.149 e. The molecule has 7 heteroatoms. The Morgan fingerprint density at radius 1 is 1.36 bits per heavy atom. The van der Waals surface area contributed by atoms with Crippen molar-refractivity contribution in [1.29, 1.82) is 5.41 Å². The van der Waals surface area contributed by atoms with Crippen molar-refractivity contribution in [1.82, 2.24) is 19.5 Å². The molecule has 0 radical (unpaired) electrons. The number of rotatable bonds is 7. The van der Waals surface area contributed by atoms with Crippen LogP contribution in [0, 0.1) is 12.3 Å². The van der Waals surface area contributed by atoms with Crippen molar-refractivity contribution in [3.8, 4) is 0 Å². The second kappa shape index (κ2) is 7.91. The van der Waals surface area contributed by atoms with Gasteiger partial charge < -0.3 is 15.1 Å². The van der Waals surface area contributed by atoms with Crippen LogP contribution in [0.3, 0.4) is 0 Å². The minimum absolute atomic E-state index is 0.527. The number of amidine groups is 1. The van der Waals surface area contributed by atoms with E-state index in [-0.39, 0.29) is 0 Å². The van der Waals surface area contributed by atoms with Crippen LogP contribution in [-0.4, -0.2) is 52.7 Å². The summed E-state index contributed by atoms with van der Waals surface area (Å²) in [6, 6.07) is 2.30. The Morgan fingerprint density at radius 2 is 2.18 bits per heavy atom. The standard InChI is InChI=1S/C21H30N6O/c1-14-25-18(5-4-10-28-3)20(27(14)23-2)21(22)26-9-8-16-11-19(15-6-7-15)24-12-17(16)13-26/h11-12,15,22-23H,4-10,13H2,1-3H3. The van der Waals surface area contributed by atoms with E-state index in [1.54, 1.807) is 7.11 Å². The molecular formula is C21H30N6O. The number of aromatic nitrogens is 3. The Morgan fingerprint density at radius 3 is 2.89 bits per heavy atom. The molecule has 0 aromatic carbocycles. The van der Waals surface area contributed by atoms with Gasteiger partial charge in [0.25, 0.3) is 0 Å². The van der Waals surface area contributed by atoms with E-state index in [1.165, 1.54) is 29.7 Å². The van der Waals surface area contributed by atoms with Crippen LogP contribution < -0.4 is 5.43 Å². The van der Waals surface area contributed by atoms with E-state index in [9.17, 15) is 0 Å². The van der Waals surface area contributed by atoms with E-state index >= 15 is 0 Å². The molecule has 1 fully saturated rings. The highest BCUT2D eigenvalue weighted by Crippen LogP contribution is 2.39. The lowest BCUT2D eigenvalue weighted by atomic mass is 9.99. The van der Waals surface area contributed by atoms with Crippen molar-refractivity contribution in [2.75, 3.05) is 32.7 Å². The van der Waals surface area contributed by atoms with Gasteiger partial charge in [0.1, 0.15) is 17.4 Å². The number of methoxy groups -OCH3 is 1. The fourth-order valence-corrected chi connectivity index (χ4v) is 4.07. The summed E-state index contributed by atoms with van der Waals surface area (Å²) in [4.78, 5) is 11.5. The van der Waals surface area contributed by atoms with Crippen LogP contribution in [0.5, 0.6) is 0 Å². The Kier molecular flexibility index (Phi) is 5.35. The molecule has 0 unspecified atom stereocenters. The minimum Gasteiger partial charge on any atom is -0.385 e. The van der Waals surface area contributed by atoms with Crippen molar-refractivity contribution in [2.24, 2.45) is 0 Å². The molecule has 0 amide bonds. The molecule has 7 nitrogen and oxygen atoms in total. The van der Waals surface area contributed by atoms with Gasteiger partial charge in [-0.25, -0.2) is 9.66 Å². The molecule has 2 aromatic heterocycles. The lowest BCUT2D eigenvalue weighted by Crippen LogP contribution is -2.38. The number of ether oxygens (including phenoxy) is 1. The van der Waals surface area contributed by atoms with Gasteiger partial charge in [-0.15, -0.1) is 0 Å². The van der Waals surface area contributed by atoms with Crippen LogP contribution in [0.4, 0.5) is 0 Å². The maximum atomic E-state index is 8.94. The van der Waals surface area contributed by atoms with E-state index in [4.69, 9.17) is 15.1 Å². The molecule has 2 aromatic rings. The first-order chi connectivity index (χ1) is 13.6. The van der Waals surface area contributed by atoms with E-state index < -0.39 is 0 Å². The van der Waals surface area contributed by atoms with Crippen LogP contribution in [-0.2, 0) is 24.1 Å².